The quantitative estimate of drug-likeness (QED) is 0.0325. The Balaban J connectivity index is 3.46. The predicted octanol–water partition coefficient (Wildman–Crippen LogP) is 14.2. The standard InChI is InChI=1S/C49H95NO5/c1-3-5-7-9-11-13-14-15-16-17-18-19-20-23-27-31-35-39-43-49(54)55-44-40-36-32-28-24-21-22-26-30-34-38-42-48(53)50-46(45-51)47(52)41-37-33-29-25-12-10-8-6-4-2/h24,28,46-47,51-52H,3-23,25-27,29-45H2,1-2H3,(H,50,53)/b28-24-. The monoisotopic (exact) mass is 778 g/mol. The molecule has 0 aliphatic carbocycles. The van der Waals surface area contributed by atoms with Crippen molar-refractivity contribution in [2.75, 3.05) is 13.2 Å². The number of hydrogen-bond acceptors (Lipinski definition) is 5. The van der Waals surface area contributed by atoms with Gasteiger partial charge in [0.05, 0.1) is 25.4 Å². The molecule has 0 aromatic heterocycles. The Morgan fingerprint density at radius 1 is 0.491 bits per heavy atom. The summed E-state index contributed by atoms with van der Waals surface area (Å²) in [5.41, 5.74) is 0. The van der Waals surface area contributed by atoms with Crippen LogP contribution < -0.4 is 5.32 Å². The molecular formula is C49H95NO5. The smallest absolute Gasteiger partial charge is 0.305 e. The summed E-state index contributed by atoms with van der Waals surface area (Å²) in [6.07, 6.45) is 50.4. The second kappa shape index (κ2) is 45.3. The third-order valence-electron chi connectivity index (χ3n) is 11.3. The summed E-state index contributed by atoms with van der Waals surface area (Å²) in [5.74, 6) is -0.0935. The van der Waals surface area contributed by atoms with Crippen LogP contribution in [0.2, 0.25) is 0 Å². The van der Waals surface area contributed by atoms with Crippen LogP contribution in [0, 0.1) is 0 Å². The van der Waals surface area contributed by atoms with E-state index in [0.29, 0.717) is 25.9 Å². The highest BCUT2D eigenvalue weighted by Gasteiger charge is 2.20. The summed E-state index contributed by atoms with van der Waals surface area (Å²) in [7, 11) is 0. The molecule has 55 heavy (non-hydrogen) atoms. The predicted molar refractivity (Wildman–Crippen MR) is 237 cm³/mol. The normalized spacial score (nSPS) is 12.7. The molecule has 1 amide bonds. The van der Waals surface area contributed by atoms with Gasteiger partial charge in [0.15, 0.2) is 0 Å². The zero-order valence-corrected chi connectivity index (χ0v) is 36.9. The number of aliphatic hydroxyl groups is 2. The molecule has 0 aliphatic heterocycles. The molecule has 0 saturated heterocycles. The van der Waals surface area contributed by atoms with Crippen LogP contribution in [-0.2, 0) is 14.3 Å². The topological polar surface area (TPSA) is 95.9 Å². The van der Waals surface area contributed by atoms with E-state index in [4.69, 9.17) is 4.74 Å². The second-order valence-electron chi connectivity index (χ2n) is 16.8. The van der Waals surface area contributed by atoms with Crippen LogP contribution in [0.1, 0.15) is 264 Å². The lowest BCUT2D eigenvalue weighted by atomic mass is 10.0. The van der Waals surface area contributed by atoms with Gasteiger partial charge in [0.2, 0.25) is 5.91 Å². The second-order valence-corrected chi connectivity index (χ2v) is 16.8. The number of ether oxygens (including phenoxy) is 1. The van der Waals surface area contributed by atoms with Gasteiger partial charge in [-0.15, -0.1) is 0 Å². The fourth-order valence-corrected chi connectivity index (χ4v) is 7.51. The molecule has 326 valence electrons. The fourth-order valence-electron chi connectivity index (χ4n) is 7.51. The lowest BCUT2D eigenvalue weighted by Crippen LogP contribution is -2.45. The average Bonchev–Trinajstić information content (AvgIpc) is 3.18. The molecule has 0 fully saturated rings. The summed E-state index contributed by atoms with van der Waals surface area (Å²) in [4.78, 5) is 24.4. The number of hydrogen-bond donors (Lipinski definition) is 3. The molecule has 0 spiro atoms. The number of esters is 1. The van der Waals surface area contributed by atoms with Crippen LogP contribution >= 0.6 is 0 Å². The highest BCUT2D eigenvalue weighted by atomic mass is 16.5. The molecule has 0 saturated carbocycles. The van der Waals surface area contributed by atoms with Gasteiger partial charge < -0.3 is 20.3 Å². The summed E-state index contributed by atoms with van der Waals surface area (Å²) in [5, 5.41) is 23.0. The van der Waals surface area contributed by atoms with Crippen molar-refractivity contribution in [1.82, 2.24) is 5.32 Å². The van der Waals surface area contributed by atoms with Crippen molar-refractivity contribution in [2.45, 2.75) is 276 Å². The van der Waals surface area contributed by atoms with Gasteiger partial charge in [-0.05, 0) is 51.4 Å². The van der Waals surface area contributed by atoms with Crippen LogP contribution in [0.3, 0.4) is 0 Å². The van der Waals surface area contributed by atoms with E-state index in [9.17, 15) is 19.8 Å². The number of carbonyl (C=O) groups is 2. The lowest BCUT2D eigenvalue weighted by Gasteiger charge is -2.22. The first-order valence-electron chi connectivity index (χ1n) is 24.4. The average molecular weight is 778 g/mol. The van der Waals surface area contributed by atoms with Crippen molar-refractivity contribution in [2.24, 2.45) is 0 Å². The van der Waals surface area contributed by atoms with Gasteiger partial charge in [-0.25, -0.2) is 0 Å². The van der Waals surface area contributed by atoms with E-state index in [-0.39, 0.29) is 18.5 Å². The van der Waals surface area contributed by atoms with E-state index in [0.717, 1.165) is 83.5 Å². The van der Waals surface area contributed by atoms with Crippen molar-refractivity contribution in [3.63, 3.8) is 0 Å². The van der Waals surface area contributed by atoms with Gasteiger partial charge in [-0.2, -0.15) is 0 Å². The number of unbranched alkanes of at least 4 members (excludes halogenated alkanes) is 32. The third-order valence-corrected chi connectivity index (χ3v) is 11.3. The van der Waals surface area contributed by atoms with Crippen LogP contribution in [0.25, 0.3) is 0 Å². The SMILES string of the molecule is CCCCCCCCCCCCCCCCCCCCC(=O)OCCCC/C=C\CCCCCCCC(=O)NC(CO)C(O)CCCCCCCCCCC. The van der Waals surface area contributed by atoms with Crippen LogP contribution in [0.5, 0.6) is 0 Å². The summed E-state index contributed by atoms with van der Waals surface area (Å²) < 4.78 is 5.44. The first-order chi connectivity index (χ1) is 27.0. The highest BCUT2D eigenvalue weighted by molar-refractivity contribution is 5.76. The minimum atomic E-state index is -0.679. The zero-order chi connectivity index (χ0) is 40.1. The fraction of sp³-hybridized carbons (Fsp3) is 0.918. The Kier molecular flexibility index (Phi) is 44.2. The lowest BCUT2D eigenvalue weighted by molar-refractivity contribution is -0.143. The Morgan fingerprint density at radius 2 is 0.855 bits per heavy atom. The van der Waals surface area contributed by atoms with Gasteiger partial charge >= 0.3 is 5.97 Å². The molecule has 2 unspecified atom stereocenters. The number of aliphatic hydroxyl groups excluding tert-OH is 2. The van der Waals surface area contributed by atoms with Gasteiger partial charge in [0, 0.05) is 12.8 Å². The Hall–Kier alpha value is -1.40. The van der Waals surface area contributed by atoms with E-state index in [1.54, 1.807) is 0 Å². The maximum absolute atomic E-state index is 12.4. The number of amides is 1. The van der Waals surface area contributed by atoms with E-state index in [1.165, 1.54) is 148 Å². The van der Waals surface area contributed by atoms with Crippen LogP contribution in [-0.4, -0.2) is 47.4 Å². The first kappa shape index (κ1) is 53.6. The largest absolute Gasteiger partial charge is 0.466 e. The molecule has 0 aromatic rings. The van der Waals surface area contributed by atoms with Crippen molar-refractivity contribution in [1.29, 1.82) is 0 Å². The molecule has 0 bridgehead atoms. The van der Waals surface area contributed by atoms with Crippen molar-refractivity contribution >= 4 is 11.9 Å². The van der Waals surface area contributed by atoms with Gasteiger partial charge in [0.1, 0.15) is 0 Å². The zero-order valence-electron chi connectivity index (χ0n) is 36.9. The summed E-state index contributed by atoms with van der Waals surface area (Å²) in [6, 6.07) is -0.559. The van der Waals surface area contributed by atoms with E-state index in [1.807, 2.05) is 0 Å². The first-order valence-corrected chi connectivity index (χ1v) is 24.4. The molecule has 2 atom stereocenters. The third kappa shape index (κ3) is 42.0. The van der Waals surface area contributed by atoms with Crippen LogP contribution in [0.4, 0.5) is 0 Å². The number of nitrogens with one attached hydrogen (secondary N) is 1. The molecule has 0 aromatic carbocycles. The summed E-state index contributed by atoms with van der Waals surface area (Å²) >= 11 is 0. The number of carbonyl (C=O) groups excluding carboxylic acids is 2. The van der Waals surface area contributed by atoms with Gasteiger partial charge in [-0.3, -0.25) is 9.59 Å². The maximum atomic E-state index is 12.4. The Bertz CT molecular complexity index is 817. The molecule has 0 rings (SSSR count). The molecule has 6 nitrogen and oxygen atoms in total. The Labute approximate surface area is 342 Å². The highest BCUT2D eigenvalue weighted by Crippen LogP contribution is 2.16. The van der Waals surface area contributed by atoms with Gasteiger partial charge in [-0.1, -0.05) is 212 Å². The van der Waals surface area contributed by atoms with Crippen LogP contribution in [0.15, 0.2) is 12.2 Å². The molecule has 6 heteroatoms. The minimum Gasteiger partial charge on any atom is -0.466 e. The number of rotatable bonds is 45. The van der Waals surface area contributed by atoms with E-state index < -0.39 is 12.1 Å². The van der Waals surface area contributed by atoms with Crippen molar-refractivity contribution in [3.05, 3.63) is 12.2 Å². The minimum absolute atomic E-state index is 0.0274. The molecule has 0 heterocycles. The van der Waals surface area contributed by atoms with E-state index >= 15 is 0 Å². The summed E-state index contributed by atoms with van der Waals surface area (Å²) in [6.45, 7) is 4.86. The van der Waals surface area contributed by atoms with Crippen molar-refractivity contribution < 1.29 is 24.5 Å². The molecule has 3 N–H and O–H groups in total. The maximum Gasteiger partial charge on any atom is 0.305 e. The number of allylic oxidation sites excluding steroid dienone is 2. The Morgan fingerprint density at radius 3 is 1.29 bits per heavy atom. The molecule has 0 radical (unpaired) electrons. The molecule has 0 aliphatic rings. The van der Waals surface area contributed by atoms with E-state index in [2.05, 4.69) is 31.3 Å². The molecular weight excluding hydrogens is 683 g/mol. The van der Waals surface area contributed by atoms with Gasteiger partial charge in [0.25, 0.3) is 0 Å². The van der Waals surface area contributed by atoms with Crippen molar-refractivity contribution in [3.8, 4) is 0 Å².